The highest BCUT2D eigenvalue weighted by Crippen LogP contribution is 2.25. The number of amides is 2. The van der Waals surface area contributed by atoms with Crippen LogP contribution in [0.2, 0.25) is 0 Å². The molecule has 2 amide bonds. The third kappa shape index (κ3) is 6.35. The van der Waals surface area contributed by atoms with Crippen molar-refractivity contribution < 1.29 is 14.3 Å². The summed E-state index contributed by atoms with van der Waals surface area (Å²) in [7, 11) is 3.42. The average molecular weight is 468 g/mol. The number of carbonyl (C=O) groups excluding carboxylic acids is 2. The first-order chi connectivity index (χ1) is 15.8. The molecular weight excluding hydrogens is 438 g/mol. The van der Waals surface area contributed by atoms with Gasteiger partial charge >= 0.3 is 0 Å². The lowest BCUT2D eigenvalue weighted by molar-refractivity contribution is -0.113. The second-order valence-corrected chi connectivity index (χ2v) is 8.97. The minimum absolute atomic E-state index is 0.0811. The summed E-state index contributed by atoms with van der Waals surface area (Å²) in [5.74, 6) is 1.28. The third-order valence-electron chi connectivity index (χ3n) is 5.09. The Morgan fingerprint density at radius 2 is 1.85 bits per heavy atom. The fraction of sp³-hybridized carbons (Fsp3) is 0.333. The first-order valence-electron chi connectivity index (χ1n) is 10.6. The van der Waals surface area contributed by atoms with Crippen LogP contribution in [0.3, 0.4) is 0 Å². The molecule has 1 heterocycles. The quantitative estimate of drug-likeness (QED) is 0.462. The zero-order valence-corrected chi connectivity index (χ0v) is 20.3. The van der Waals surface area contributed by atoms with Crippen LogP contribution in [0.4, 0.5) is 5.69 Å². The summed E-state index contributed by atoms with van der Waals surface area (Å²) in [5, 5.41) is 15.1. The Morgan fingerprint density at radius 1 is 1.12 bits per heavy atom. The maximum absolute atomic E-state index is 12.8. The number of nitrogens with one attached hydrogen (secondary N) is 2. The zero-order valence-electron chi connectivity index (χ0n) is 19.5. The second kappa shape index (κ2) is 11.0. The Bertz CT molecular complexity index is 1110. The van der Waals surface area contributed by atoms with Crippen molar-refractivity contribution in [2.45, 2.75) is 32.0 Å². The fourth-order valence-electron chi connectivity index (χ4n) is 3.27. The van der Waals surface area contributed by atoms with Crippen LogP contribution in [-0.4, -0.2) is 39.4 Å². The van der Waals surface area contributed by atoms with E-state index in [2.05, 4.69) is 20.8 Å². The van der Waals surface area contributed by atoms with Gasteiger partial charge < -0.3 is 19.9 Å². The van der Waals surface area contributed by atoms with E-state index in [4.69, 9.17) is 4.74 Å². The van der Waals surface area contributed by atoms with Crippen molar-refractivity contribution in [1.82, 2.24) is 20.1 Å². The molecular formula is C24H29N5O3S. The number of thioether (sulfide) groups is 1. The first-order valence-corrected chi connectivity index (χ1v) is 11.6. The van der Waals surface area contributed by atoms with Gasteiger partial charge in [0.25, 0.3) is 5.91 Å². The molecule has 174 valence electrons. The highest BCUT2D eigenvalue weighted by Gasteiger charge is 2.25. The van der Waals surface area contributed by atoms with E-state index in [1.165, 1.54) is 11.8 Å². The van der Waals surface area contributed by atoms with Crippen molar-refractivity contribution >= 4 is 29.3 Å². The van der Waals surface area contributed by atoms with Gasteiger partial charge in [-0.2, -0.15) is 0 Å². The van der Waals surface area contributed by atoms with Crippen molar-refractivity contribution in [1.29, 1.82) is 0 Å². The van der Waals surface area contributed by atoms with E-state index in [0.29, 0.717) is 22.3 Å². The molecule has 0 fully saturated rings. The number of aromatic nitrogens is 3. The number of hydrogen-bond acceptors (Lipinski definition) is 6. The van der Waals surface area contributed by atoms with Crippen molar-refractivity contribution in [2.24, 2.45) is 13.0 Å². The number of hydrogen-bond donors (Lipinski definition) is 2. The Labute approximate surface area is 198 Å². The van der Waals surface area contributed by atoms with Crippen LogP contribution >= 0.6 is 11.8 Å². The van der Waals surface area contributed by atoms with Crippen LogP contribution in [0, 0.1) is 12.8 Å². The molecule has 3 aromatic rings. The Morgan fingerprint density at radius 3 is 2.48 bits per heavy atom. The molecule has 2 aromatic carbocycles. The van der Waals surface area contributed by atoms with Crippen LogP contribution in [0.25, 0.3) is 0 Å². The maximum atomic E-state index is 12.8. The van der Waals surface area contributed by atoms with Gasteiger partial charge in [0, 0.05) is 18.3 Å². The highest BCUT2D eigenvalue weighted by molar-refractivity contribution is 7.99. The minimum Gasteiger partial charge on any atom is -0.497 e. The van der Waals surface area contributed by atoms with E-state index in [9.17, 15) is 9.59 Å². The summed E-state index contributed by atoms with van der Waals surface area (Å²) in [6.07, 6.45) is 0. The number of benzene rings is 2. The second-order valence-electron chi connectivity index (χ2n) is 8.03. The Balaban J connectivity index is 1.65. The van der Waals surface area contributed by atoms with E-state index in [-0.39, 0.29) is 29.5 Å². The monoisotopic (exact) mass is 467 g/mol. The van der Waals surface area contributed by atoms with Crippen molar-refractivity contribution in [2.75, 3.05) is 18.2 Å². The van der Waals surface area contributed by atoms with Crippen molar-refractivity contribution in [3.05, 3.63) is 65.5 Å². The van der Waals surface area contributed by atoms with Crippen LogP contribution in [0.15, 0.2) is 53.7 Å². The minimum atomic E-state index is -0.340. The van der Waals surface area contributed by atoms with Crippen LogP contribution in [0.1, 0.15) is 41.6 Å². The van der Waals surface area contributed by atoms with Crippen LogP contribution in [0.5, 0.6) is 5.75 Å². The van der Waals surface area contributed by atoms with Gasteiger partial charge in [0.15, 0.2) is 11.0 Å². The molecule has 33 heavy (non-hydrogen) atoms. The maximum Gasteiger partial charge on any atom is 0.251 e. The van der Waals surface area contributed by atoms with E-state index >= 15 is 0 Å². The molecule has 0 aliphatic rings. The molecule has 3 rings (SSSR count). The van der Waals surface area contributed by atoms with Gasteiger partial charge in [-0.05, 0) is 54.8 Å². The van der Waals surface area contributed by atoms with Crippen LogP contribution < -0.4 is 15.4 Å². The molecule has 1 aromatic heterocycles. The van der Waals surface area contributed by atoms with Gasteiger partial charge in [0.05, 0.1) is 18.9 Å². The van der Waals surface area contributed by atoms with Gasteiger partial charge in [0.1, 0.15) is 5.75 Å². The third-order valence-corrected chi connectivity index (χ3v) is 6.11. The molecule has 0 unspecified atom stereocenters. The molecule has 0 aliphatic heterocycles. The molecule has 0 spiro atoms. The predicted molar refractivity (Wildman–Crippen MR) is 130 cm³/mol. The highest BCUT2D eigenvalue weighted by atomic mass is 32.2. The van der Waals surface area contributed by atoms with Gasteiger partial charge in [-0.1, -0.05) is 37.7 Å². The molecule has 1 atom stereocenters. The standard InChI is InChI=1S/C24H29N5O3S/c1-15(2)21(26-23(31)17-9-11-19(32-5)12-10-17)22-27-28-24(29(22)4)33-14-20(30)25-18-8-6-7-16(3)13-18/h6-13,15,21H,14H2,1-5H3,(H,25,30)(H,26,31)/t21-/m0/s1. The summed E-state index contributed by atoms with van der Waals surface area (Å²) in [4.78, 5) is 25.1. The normalized spacial score (nSPS) is 11.8. The largest absolute Gasteiger partial charge is 0.497 e. The first kappa shape index (κ1) is 24.3. The molecule has 0 saturated carbocycles. The lowest BCUT2D eigenvalue weighted by atomic mass is 10.0. The van der Waals surface area contributed by atoms with Crippen LogP contribution in [-0.2, 0) is 11.8 Å². The summed E-state index contributed by atoms with van der Waals surface area (Å²) in [5.41, 5.74) is 2.38. The molecule has 0 radical (unpaired) electrons. The Hall–Kier alpha value is -3.33. The van der Waals surface area contributed by atoms with Crippen molar-refractivity contribution in [3.63, 3.8) is 0 Å². The van der Waals surface area contributed by atoms with Gasteiger partial charge in [-0.25, -0.2) is 0 Å². The van der Waals surface area contributed by atoms with Gasteiger partial charge in [-0.15, -0.1) is 10.2 Å². The van der Waals surface area contributed by atoms with Gasteiger partial charge in [0.2, 0.25) is 5.91 Å². The van der Waals surface area contributed by atoms with Gasteiger partial charge in [-0.3, -0.25) is 9.59 Å². The predicted octanol–water partition coefficient (Wildman–Crippen LogP) is 3.99. The molecule has 0 saturated heterocycles. The van der Waals surface area contributed by atoms with E-state index in [1.807, 2.05) is 56.7 Å². The molecule has 9 heteroatoms. The lowest BCUT2D eigenvalue weighted by Crippen LogP contribution is -2.33. The molecule has 0 aliphatic carbocycles. The fourth-order valence-corrected chi connectivity index (χ4v) is 3.99. The molecule has 2 N–H and O–H groups in total. The van der Waals surface area contributed by atoms with E-state index < -0.39 is 0 Å². The number of carbonyl (C=O) groups is 2. The smallest absolute Gasteiger partial charge is 0.251 e. The molecule has 8 nitrogen and oxygen atoms in total. The SMILES string of the molecule is COc1ccc(C(=O)N[C@H](c2nnc(SCC(=O)Nc3cccc(C)c3)n2C)C(C)C)cc1. The number of nitrogens with zero attached hydrogens (tertiary/aromatic N) is 3. The average Bonchev–Trinajstić information content (AvgIpc) is 3.15. The lowest BCUT2D eigenvalue weighted by Gasteiger charge is -2.21. The summed E-state index contributed by atoms with van der Waals surface area (Å²) in [6.45, 7) is 6.00. The zero-order chi connectivity index (χ0) is 24.0. The summed E-state index contributed by atoms with van der Waals surface area (Å²) < 4.78 is 6.97. The van der Waals surface area contributed by atoms with E-state index in [1.54, 1.807) is 31.4 Å². The Kier molecular flexibility index (Phi) is 8.11. The number of anilines is 1. The molecule has 0 bridgehead atoms. The number of aryl methyl sites for hydroxylation is 1. The van der Waals surface area contributed by atoms with E-state index in [0.717, 1.165) is 11.3 Å². The summed E-state index contributed by atoms with van der Waals surface area (Å²) >= 11 is 1.30. The summed E-state index contributed by atoms with van der Waals surface area (Å²) in [6, 6.07) is 14.2. The van der Waals surface area contributed by atoms with Crippen molar-refractivity contribution in [3.8, 4) is 5.75 Å². The topological polar surface area (TPSA) is 98.1 Å². The number of ether oxygens (including phenoxy) is 1. The number of rotatable bonds is 9. The number of methoxy groups -OCH3 is 1.